The van der Waals surface area contributed by atoms with E-state index in [2.05, 4.69) is 10.3 Å². The Balaban J connectivity index is 2.27. The van der Waals surface area contributed by atoms with Crippen LogP contribution in [0.1, 0.15) is 53.4 Å². The number of ketones is 1. The van der Waals surface area contributed by atoms with Gasteiger partial charge in [-0.05, 0) is 59.3 Å². The molecule has 1 aliphatic carbocycles. The van der Waals surface area contributed by atoms with Crippen molar-refractivity contribution in [2.24, 2.45) is 22.6 Å². The summed E-state index contributed by atoms with van der Waals surface area (Å²) in [6.45, 7) is 8.01. The number of nitrogens with one attached hydrogen (secondary N) is 1. The molecule has 0 saturated heterocycles. The van der Waals surface area contributed by atoms with E-state index in [-0.39, 0.29) is 24.3 Å². The number of Topliss-reactive ketones (excluding diaryl/α,β-unsaturated/α-hetero) is 1. The zero-order valence-electron chi connectivity index (χ0n) is 14.1. The summed E-state index contributed by atoms with van der Waals surface area (Å²) in [5, 5.41) is 2.81. The Labute approximate surface area is 132 Å². The molecular weight excluding hydrogens is 282 g/mol. The molecule has 0 unspecified atom stereocenters. The van der Waals surface area contributed by atoms with Gasteiger partial charge in [0.1, 0.15) is 5.60 Å². The molecule has 3 N–H and O–H groups in total. The molecule has 0 aromatic heterocycles. The van der Waals surface area contributed by atoms with Gasteiger partial charge in [-0.3, -0.25) is 9.79 Å². The minimum absolute atomic E-state index is 0.0841. The monoisotopic (exact) mass is 311 g/mol. The van der Waals surface area contributed by atoms with Crippen molar-refractivity contribution in [3.05, 3.63) is 0 Å². The lowest BCUT2D eigenvalue weighted by Gasteiger charge is -2.28. The molecule has 6 nitrogen and oxygen atoms in total. The van der Waals surface area contributed by atoms with Gasteiger partial charge in [0.05, 0.1) is 12.4 Å². The van der Waals surface area contributed by atoms with Crippen molar-refractivity contribution >= 4 is 17.7 Å². The molecule has 0 heterocycles. The van der Waals surface area contributed by atoms with Crippen LogP contribution in [0.15, 0.2) is 4.99 Å². The lowest BCUT2D eigenvalue weighted by atomic mass is 9.80. The first-order chi connectivity index (χ1) is 10.2. The Morgan fingerprint density at radius 2 is 1.82 bits per heavy atom. The summed E-state index contributed by atoms with van der Waals surface area (Å²) in [6, 6.07) is 0. The van der Waals surface area contributed by atoms with E-state index in [1.54, 1.807) is 6.92 Å². The molecule has 0 spiro atoms. The number of alkyl carbamates (subject to hydrolysis) is 1. The van der Waals surface area contributed by atoms with Crippen LogP contribution in [0.4, 0.5) is 4.79 Å². The molecule has 22 heavy (non-hydrogen) atoms. The molecule has 1 saturated carbocycles. The maximum absolute atomic E-state index is 12.0. The molecule has 1 rings (SSSR count). The quantitative estimate of drug-likeness (QED) is 0.601. The van der Waals surface area contributed by atoms with Crippen LogP contribution in [0, 0.1) is 11.8 Å². The fourth-order valence-electron chi connectivity index (χ4n) is 2.56. The van der Waals surface area contributed by atoms with Gasteiger partial charge >= 0.3 is 6.09 Å². The summed E-state index contributed by atoms with van der Waals surface area (Å²) in [6.07, 6.45) is 3.23. The Morgan fingerprint density at radius 3 is 2.32 bits per heavy atom. The lowest BCUT2D eigenvalue weighted by molar-refractivity contribution is -0.122. The predicted octanol–water partition coefficient (Wildman–Crippen LogP) is 2.26. The van der Waals surface area contributed by atoms with E-state index in [1.807, 2.05) is 20.8 Å². The average Bonchev–Trinajstić information content (AvgIpc) is 2.41. The van der Waals surface area contributed by atoms with Crippen molar-refractivity contribution < 1.29 is 14.3 Å². The fourth-order valence-corrected chi connectivity index (χ4v) is 2.56. The number of amides is 1. The second kappa shape index (κ2) is 8.15. The van der Waals surface area contributed by atoms with Gasteiger partial charge in [0.2, 0.25) is 0 Å². The van der Waals surface area contributed by atoms with E-state index in [0.717, 1.165) is 25.7 Å². The molecule has 0 radical (unpaired) electrons. The highest BCUT2D eigenvalue weighted by atomic mass is 16.6. The number of nitrogens with two attached hydrogens (primary N) is 1. The van der Waals surface area contributed by atoms with Crippen LogP contribution in [-0.4, -0.2) is 36.4 Å². The number of ether oxygens (including phenoxy) is 1. The van der Waals surface area contributed by atoms with Gasteiger partial charge in [0.15, 0.2) is 5.78 Å². The highest BCUT2D eigenvalue weighted by Crippen LogP contribution is 2.29. The molecule has 0 aromatic rings. The van der Waals surface area contributed by atoms with E-state index in [4.69, 9.17) is 10.5 Å². The first-order valence-electron chi connectivity index (χ1n) is 7.93. The number of carbonyl (C=O) groups is 2. The largest absolute Gasteiger partial charge is 0.444 e. The molecule has 6 heteroatoms. The number of aliphatic imine (C=N–C) groups is 1. The third-order valence-electron chi connectivity index (χ3n) is 3.72. The molecular formula is C16H29N3O3. The van der Waals surface area contributed by atoms with Gasteiger partial charge in [-0.1, -0.05) is 0 Å². The molecule has 1 amide bonds. The molecule has 0 aliphatic heterocycles. The van der Waals surface area contributed by atoms with E-state index in [0.29, 0.717) is 18.3 Å². The smallest absolute Gasteiger partial charge is 0.407 e. The van der Waals surface area contributed by atoms with Gasteiger partial charge in [0.25, 0.3) is 0 Å². The van der Waals surface area contributed by atoms with Crippen molar-refractivity contribution in [1.29, 1.82) is 0 Å². The van der Waals surface area contributed by atoms with Crippen LogP contribution in [0.25, 0.3) is 0 Å². The van der Waals surface area contributed by atoms with Gasteiger partial charge in [0, 0.05) is 12.5 Å². The Bertz CT molecular complexity index is 415. The van der Waals surface area contributed by atoms with Gasteiger partial charge in [-0.2, -0.15) is 0 Å². The van der Waals surface area contributed by atoms with Crippen LogP contribution < -0.4 is 11.1 Å². The number of carbonyl (C=O) groups excluding carboxylic acids is 2. The number of nitrogens with zero attached hydrogens (tertiary/aromatic N) is 1. The minimum Gasteiger partial charge on any atom is -0.444 e. The lowest BCUT2D eigenvalue weighted by Crippen LogP contribution is -2.36. The normalized spacial score (nSPS) is 23.0. The first-order valence-corrected chi connectivity index (χ1v) is 7.93. The van der Waals surface area contributed by atoms with E-state index in [1.165, 1.54) is 0 Å². The second-order valence-electron chi connectivity index (χ2n) is 7.02. The fraction of sp³-hybridized carbons (Fsp3) is 0.812. The van der Waals surface area contributed by atoms with E-state index < -0.39 is 5.60 Å². The highest BCUT2D eigenvalue weighted by Gasteiger charge is 2.26. The Kier molecular flexibility index (Phi) is 6.84. The molecule has 1 aliphatic rings. The summed E-state index contributed by atoms with van der Waals surface area (Å²) >= 11 is 0. The van der Waals surface area contributed by atoms with Crippen LogP contribution in [-0.2, 0) is 9.53 Å². The Morgan fingerprint density at radius 1 is 1.23 bits per heavy atom. The highest BCUT2D eigenvalue weighted by molar-refractivity contribution is 5.86. The van der Waals surface area contributed by atoms with Crippen molar-refractivity contribution in [1.82, 2.24) is 5.32 Å². The Hall–Kier alpha value is -1.59. The zero-order chi connectivity index (χ0) is 16.8. The predicted molar refractivity (Wildman–Crippen MR) is 86.9 cm³/mol. The maximum Gasteiger partial charge on any atom is 0.407 e. The van der Waals surface area contributed by atoms with Crippen LogP contribution in [0.3, 0.4) is 0 Å². The number of amidine groups is 1. The molecule has 0 atom stereocenters. The van der Waals surface area contributed by atoms with Crippen molar-refractivity contribution in [3.8, 4) is 0 Å². The SMILES string of the molecule is C/C(N)=N/CC(=O)[C@H]1CC[C@H](CNC(=O)OC(C)(C)C)CC1. The van der Waals surface area contributed by atoms with Gasteiger partial charge in [-0.25, -0.2) is 4.79 Å². The van der Waals surface area contributed by atoms with E-state index >= 15 is 0 Å². The van der Waals surface area contributed by atoms with Crippen molar-refractivity contribution in [2.75, 3.05) is 13.1 Å². The second-order valence-corrected chi connectivity index (χ2v) is 7.02. The minimum atomic E-state index is -0.476. The van der Waals surface area contributed by atoms with Crippen molar-refractivity contribution in [2.45, 2.75) is 59.0 Å². The standard InChI is InChI=1S/C16H29N3O3/c1-11(17)18-10-14(20)13-7-5-12(6-8-13)9-19-15(21)22-16(2,3)4/h12-13H,5-10H2,1-4H3,(H2,17,18)(H,19,21)/t12-,13-. The molecule has 0 bridgehead atoms. The zero-order valence-corrected chi connectivity index (χ0v) is 14.1. The molecule has 126 valence electrons. The third-order valence-corrected chi connectivity index (χ3v) is 3.72. The first kappa shape index (κ1) is 18.5. The van der Waals surface area contributed by atoms with Crippen LogP contribution in [0.5, 0.6) is 0 Å². The number of hydrogen-bond acceptors (Lipinski definition) is 4. The third kappa shape index (κ3) is 7.43. The summed E-state index contributed by atoms with van der Waals surface area (Å²) < 4.78 is 5.21. The average molecular weight is 311 g/mol. The maximum atomic E-state index is 12.0. The number of rotatable bonds is 5. The van der Waals surface area contributed by atoms with Gasteiger partial charge in [-0.15, -0.1) is 0 Å². The topological polar surface area (TPSA) is 93.8 Å². The summed E-state index contributed by atoms with van der Waals surface area (Å²) in [5.41, 5.74) is 4.97. The van der Waals surface area contributed by atoms with Crippen LogP contribution >= 0.6 is 0 Å². The molecule has 0 aromatic carbocycles. The summed E-state index contributed by atoms with van der Waals surface area (Å²) in [4.78, 5) is 27.6. The summed E-state index contributed by atoms with van der Waals surface area (Å²) in [5.74, 6) is 1.11. The summed E-state index contributed by atoms with van der Waals surface area (Å²) in [7, 11) is 0. The van der Waals surface area contributed by atoms with Gasteiger partial charge < -0.3 is 15.8 Å². The van der Waals surface area contributed by atoms with E-state index in [9.17, 15) is 9.59 Å². The van der Waals surface area contributed by atoms with Crippen molar-refractivity contribution in [3.63, 3.8) is 0 Å². The molecule has 1 fully saturated rings. The number of hydrogen-bond donors (Lipinski definition) is 2. The van der Waals surface area contributed by atoms with Crippen LogP contribution in [0.2, 0.25) is 0 Å².